The molecule has 0 aromatic heterocycles. The van der Waals surface area contributed by atoms with Crippen molar-refractivity contribution in [2.45, 2.75) is 30.3 Å². The number of amides is 1. The molecule has 0 aliphatic carbocycles. The zero-order chi connectivity index (χ0) is 20.7. The van der Waals surface area contributed by atoms with Gasteiger partial charge in [-0.3, -0.25) is 4.79 Å². The molecule has 0 aliphatic heterocycles. The topological polar surface area (TPSA) is 78.5 Å². The van der Waals surface area contributed by atoms with Gasteiger partial charge < -0.3 is 10.2 Å². The maximum absolute atomic E-state index is 13.8. The number of nitrogens with zero attached hydrogens (tertiary/aromatic N) is 1. The molecular formula is C20H26FN3O3S. The predicted molar refractivity (Wildman–Crippen MR) is 107 cm³/mol. The molecule has 2 aromatic carbocycles. The van der Waals surface area contributed by atoms with Gasteiger partial charge in [-0.15, -0.1) is 0 Å². The van der Waals surface area contributed by atoms with E-state index in [0.29, 0.717) is 6.54 Å². The molecule has 0 bridgehead atoms. The Morgan fingerprint density at radius 3 is 2.29 bits per heavy atom. The van der Waals surface area contributed by atoms with Gasteiger partial charge in [-0.1, -0.05) is 42.5 Å². The van der Waals surface area contributed by atoms with Crippen molar-refractivity contribution in [2.24, 2.45) is 0 Å². The standard InChI is InChI=1S/C20H26FN3O3S/c1-15(23-28(26,27)19-12-8-7-11-18(19)21)20(25)22-14-17(24(2)3)13-16-9-5-4-6-10-16/h4-12,15,17,23H,13-14H2,1-3H3,(H,22,25)/t15-,17?/m0/s1. The lowest BCUT2D eigenvalue weighted by Crippen LogP contribution is -2.49. The molecule has 28 heavy (non-hydrogen) atoms. The minimum Gasteiger partial charge on any atom is -0.353 e. The maximum atomic E-state index is 13.8. The first-order chi connectivity index (χ1) is 13.2. The summed E-state index contributed by atoms with van der Waals surface area (Å²) in [4.78, 5) is 13.9. The molecular weight excluding hydrogens is 381 g/mol. The SMILES string of the molecule is C[C@H](NS(=O)(=O)c1ccccc1F)C(=O)NCC(Cc1ccccc1)N(C)C. The number of likely N-dealkylation sites (N-methyl/N-ethyl adjacent to an activating group) is 1. The lowest BCUT2D eigenvalue weighted by atomic mass is 10.1. The number of carbonyl (C=O) groups excluding carboxylic acids is 1. The van der Waals surface area contributed by atoms with Crippen LogP contribution in [0.5, 0.6) is 0 Å². The molecule has 0 aliphatic rings. The molecule has 2 aromatic rings. The quantitative estimate of drug-likeness (QED) is 0.664. The van der Waals surface area contributed by atoms with Crippen molar-refractivity contribution in [2.75, 3.05) is 20.6 Å². The normalized spacial score (nSPS) is 13.9. The van der Waals surface area contributed by atoms with Gasteiger partial charge in [0.1, 0.15) is 10.7 Å². The van der Waals surface area contributed by atoms with Crippen LogP contribution in [0.4, 0.5) is 4.39 Å². The third kappa shape index (κ3) is 6.12. The number of carbonyl (C=O) groups is 1. The highest BCUT2D eigenvalue weighted by atomic mass is 32.2. The van der Waals surface area contributed by atoms with Crippen LogP contribution in [-0.2, 0) is 21.2 Å². The molecule has 0 radical (unpaired) electrons. The molecule has 8 heteroatoms. The average Bonchev–Trinajstić information content (AvgIpc) is 2.65. The second-order valence-corrected chi connectivity index (χ2v) is 8.51. The van der Waals surface area contributed by atoms with Crippen molar-refractivity contribution in [1.82, 2.24) is 14.9 Å². The Bertz CT molecular complexity index is 889. The van der Waals surface area contributed by atoms with Gasteiger partial charge in [0.05, 0.1) is 6.04 Å². The van der Waals surface area contributed by atoms with Gasteiger partial charge in [0, 0.05) is 12.6 Å². The number of hydrogen-bond donors (Lipinski definition) is 2. The smallest absolute Gasteiger partial charge is 0.244 e. The molecule has 152 valence electrons. The van der Waals surface area contributed by atoms with Crippen molar-refractivity contribution in [1.29, 1.82) is 0 Å². The summed E-state index contributed by atoms with van der Waals surface area (Å²) in [5.41, 5.74) is 1.14. The van der Waals surface area contributed by atoms with Crippen molar-refractivity contribution in [3.63, 3.8) is 0 Å². The minimum atomic E-state index is -4.13. The number of halogens is 1. The van der Waals surface area contributed by atoms with Gasteiger partial charge in [-0.05, 0) is 45.1 Å². The Kier molecular flexibility index (Phi) is 7.68. The van der Waals surface area contributed by atoms with E-state index in [1.54, 1.807) is 0 Å². The van der Waals surface area contributed by atoms with E-state index in [2.05, 4.69) is 10.0 Å². The number of benzene rings is 2. The van der Waals surface area contributed by atoms with Crippen LogP contribution in [0.2, 0.25) is 0 Å². The van der Waals surface area contributed by atoms with Crippen LogP contribution in [0, 0.1) is 5.82 Å². The molecule has 0 saturated heterocycles. The lowest BCUT2D eigenvalue weighted by molar-refractivity contribution is -0.122. The highest BCUT2D eigenvalue weighted by molar-refractivity contribution is 7.89. The molecule has 6 nitrogen and oxygen atoms in total. The first-order valence-electron chi connectivity index (χ1n) is 8.95. The van der Waals surface area contributed by atoms with Gasteiger partial charge in [-0.25, -0.2) is 12.8 Å². The fourth-order valence-electron chi connectivity index (χ4n) is 2.71. The van der Waals surface area contributed by atoms with Gasteiger partial charge in [-0.2, -0.15) is 4.72 Å². The van der Waals surface area contributed by atoms with E-state index in [1.807, 2.05) is 49.3 Å². The Morgan fingerprint density at radius 2 is 1.68 bits per heavy atom. The van der Waals surface area contributed by atoms with Crippen molar-refractivity contribution >= 4 is 15.9 Å². The molecule has 0 saturated carbocycles. The van der Waals surface area contributed by atoms with Gasteiger partial charge in [0.2, 0.25) is 15.9 Å². The minimum absolute atomic E-state index is 0.0433. The lowest BCUT2D eigenvalue weighted by Gasteiger charge is -2.25. The van der Waals surface area contributed by atoms with Crippen LogP contribution in [0.25, 0.3) is 0 Å². The maximum Gasteiger partial charge on any atom is 0.244 e. The van der Waals surface area contributed by atoms with Gasteiger partial charge in [0.25, 0.3) is 0 Å². The average molecular weight is 408 g/mol. The third-order valence-electron chi connectivity index (χ3n) is 4.41. The second-order valence-electron chi connectivity index (χ2n) is 6.83. The summed E-state index contributed by atoms with van der Waals surface area (Å²) in [7, 11) is -0.293. The van der Waals surface area contributed by atoms with Crippen LogP contribution in [0.3, 0.4) is 0 Å². The molecule has 2 rings (SSSR count). The Balaban J connectivity index is 1.96. The summed E-state index contributed by atoms with van der Waals surface area (Å²) in [6.07, 6.45) is 0.740. The fraction of sp³-hybridized carbons (Fsp3) is 0.350. The molecule has 0 heterocycles. The van der Waals surface area contributed by atoms with Crippen LogP contribution in [0.15, 0.2) is 59.5 Å². The number of nitrogens with one attached hydrogen (secondary N) is 2. The highest BCUT2D eigenvalue weighted by Crippen LogP contribution is 2.13. The van der Waals surface area contributed by atoms with Crippen molar-refractivity contribution < 1.29 is 17.6 Å². The van der Waals surface area contributed by atoms with E-state index in [1.165, 1.54) is 19.1 Å². The monoisotopic (exact) mass is 407 g/mol. The summed E-state index contributed by atoms with van der Waals surface area (Å²) >= 11 is 0. The van der Waals surface area contributed by atoms with Crippen molar-refractivity contribution in [3.8, 4) is 0 Å². The summed E-state index contributed by atoms with van der Waals surface area (Å²) in [6, 6.07) is 13.9. The number of sulfonamides is 1. The first kappa shape index (κ1) is 22.0. The highest BCUT2D eigenvalue weighted by Gasteiger charge is 2.25. The zero-order valence-corrected chi connectivity index (χ0v) is 17.0. The van der Waals surface area contributed by atoms with Crippen LogP contribution >= 0.6 is 0 Å². The molecule has 0 fully saturated rings. The molecule has 1 amide bonds. The Labute approximate surface area is 165 Å². The van der Waals surface area contributed by atoms with E-state index in [0.717, 1.165) is 24.1 Å². The van der Waals surface area contributed by atoms with E-state index in [9.17, 15) is 17.6 Å². The van der Waals surface area contributed by atoms with E-state index in [4.69, 9.17) is 0 Å². The van der Waals surface area contributed by atoms with E-state index >= 15 is 0 Å². The summed E-state index contributed by atoms with van der Waals surface area (Å²) < 4.78 is 40.6. The molecule has 2 N–H and O–H groups in total. The molecule has 2 atom stereocenters. The van der Waals surface area contributed by atoms with Crippen LogP contribution in [0.1, 0.15) is 12.5 Å². The Morgan fingerprint density at radius 1 is 1.07 bits per heavy atom. The van der Waals surface area contributed by atoms with Gasteiger partial charge in [0.15, 0.2) is 0 Å². The zero-order valence-electron chi connectivity index (χ0n) is 16.2. The number of hydrogen-bond acceptors (Lipinski definition) is 4. The third-order valence-corrected chi connectivity index (χ3v) is 5.98. The fourth-order valence-corrected chi connectivity index (χ4v) is 3.99. The summed E-state index contributed by atoms with van der Waals surface area (Å²) in [5.74, 6) is -1.34. The van der Waals surface area contributed by atoms with E-state index < -0.39 is 32.7 Å². The van der Waals surface area contributed by atoms with E-state index in [-0.39, 0.29) is 6.04 Å². The molecule has 0 spiro atoms. The van der Waals surface area contributed by atoms with Crippen LogP contribution in [-0.4, -0.2) is 51.9 Å². The van der Waals surface area contributed by atoms with Gasteiger partial charge >= 0.3 is 0 Å². The summed E-state index contributed by atoms with van der Waals surface area (Å²) in [5, 5.41) is 2.77. The van der Waals surface area contributed by atoms with Crippen molar-refractivity contribution in [3.05, 3.63) is 66.0 Å². The number of rotatable bonds is 9. The second kappa shape index (κ2) is 9.77. The Hall–Kier alpha value is -2.29. The molecule has 1 unspecified atom stereocenters. The predicted octanol–water partition coefficient (Wildman–Crippen LogP) is 1.78. The summed E-state index contributed by atoms with van der Waals surface area (Å²) in [6.45, 7) is 1.78. The first-order valence-corrected chi connectivity index (χ1v) is 10.4. The van der Waals surface area contributed by atoms with Crippen LogP contribution < -0.4 is 10.0 Å². The largest absolute Gasteiger partial charge is 0.353 e.